The predicted octanol–water partition coefficient (Wildman–Crippen LogP) is 3.52. The highest BCUT2D eigenvalue weighted by Gasteiger charge is 2.15. The van der Waals surface area contributed by atoms with Gasteiger partial charge in [-0.1, -0.05) is 23.8 Å². The van der Waals surface area contributed by atoms with Crippen molar-refractivity contribution in [3.8, 4) is 24.2 Å². The molecule has 0 atom stereocenters. The average Bonchev–Trinajstić information content (AvgIpc) is 2.74. The molecule has 2 aromatic carbocycles. The Kier molecular flexibility index (Phi) is 8.71. The van der Waals surface area contributed by atoms with Crippen molar-refractivity contribution in [3.05, 3.63) is 69.8 Å². The Labute approximate surface area is 189 Å². The van der Waals surface area contributed by atoms with Crippen LogP contribution in [0.3, 0.4) is 0 Å². The molecule has 0 spiro atoms. The zero-order valence-electron chi connectivity index (χ0n) is 18.2. The van der Waals surface area contributed by atoms with E-state index in [1.165, 1.54) is 24.3 Å². The number of rotatable bonds is 6. The number of ether oxygens (including phenoxy) is 3. The van der Waals surface area contributed by atoms with Gasteiger partial charge in [-0.25, -0.2) is 13.6 Å². The molecule has 0 aliphatic carbocycles. The predicted molar refractivity (Wildman–Crippen MR) is 114 cm³/mol. The topological polar surface area (TPSA) is 78.9 Å². The lowest BCUT2D eigenvalue weighted by molar-refractivity contribution is -0.165. The van der Waals surface area contributed by atoms with Crippen LogP contribution in [0.25, 0.3) is 0 Å². The van der Waals surface area contributed by atoms with Gasteiger partial charge in [0.05, 0.1) is 29.2 Å². The van der Waals surface area contributed by atoms with Gasteiger partial charge in [-0.2, -0.15) is 0 Å². The molecule has 0 bridgehead atoms. The summed E-state index contributed by atoms with van der Waals surface area (Å²) in [5.74, 6) is 3.69. The number of benzene rings is 2. The van der Waals surface area contributed by atoms with Crippen LogP contribution in [0.1, 0.15) is 53.4 Å². The van der Waals surface area contributed by atoms with Crippen LogP contribution in [0.4, 0.5) is 8.78 Å². The van der Waals surface area contributed by atoms with Gasteiger partial charge in [0.25, 0.3) is 0 Å². The van der Waals surface area contributed by atoms with E-state index in [0.717, 1.165) is 13.0 Å². The lowest BCUT2D eigenvalue weighted by atomic mass is 10.0. The summed E-state index contributed by atoms with van der Waals surface area (Å²) in [5.41, 5.74) is -0.0453. The summed E-state index contributed by atoms with van der Waals surface area (Å²) in [4.78, 5) is 34.5. The molecule has 0 amide bonds. The number of esters is 3. The second-order valence-electron chi connectivity index (χ2n) is 6.99. The first-order chi connectivity index (χ1) is 15.6. The maximum absolute atomic E-state index is 14.6. The van der Waals surface area contributed by atoms with Gasteiger partial charge < -0.3 is 14.2 Å². The lowest BCUT2D eigenvalue weighted by Gasteiger charge is -2.09. The molecule has 33 heavy (non-hydrogen) atoms. The third-order valence-electron chi connectivity index (χ3n) is 4.02. The van der Waals surface area contributed by atoms with Crippen LogP contribution in [0, 0.1) is 35.8 Å². The molecule has 2 aromatic rings. The highest BCUT2D eigenvalue weighted by atomic mass is 19.1. The molecule has 0 aromatic heterocycles. The van der Waals surface area contributed by atoms with Crippen molar-refractivity contribution < 1.29 is 37.4 Å². The normalized spacial score (nSPS) is 9.97. The Balaban J connectivity index is 2.23. The van der Waals surface area contributed by atoms with Crippen LogP contribution in [0.2, 0.25) is 0 Å². The molecule has 0 aliphatic rings. The molecule has 6 nitrogen and oxygen atoms in total. The van der Waals surface area contributed by atoms with Gasteiger partial charge in [0.15, 0.2) is 5.82 Å². The summed E-state index contributed by atoms with van der Waals surface area (Å²) in [6.07, 6.45) is 4.55. The first kappa shape index (κ1) is 25.1. The van der Waals surface area contributed by atoms with Crippen LogP contribution in [-0.2, 0) is 30.2 Å². The molecule has 0 saturated carbocycles. The molecule has 0 aliphatic heterocycles. The van der Waals surface area contributed by atoms with E-state index >= 15 is 0 Å². The molecule has 0 heterocycles. The van der Waals surface area contributed by atoms with Crippen molar-refractivity contribution in [1.82, 2.24) is 0 Å². The molecular formula is C25H20F2O6. The molecule has 170 valence electrons. The van der Waals surface area contributed by atoms with Crippen molar-refractivity contribution in [3.63, 3.8) is 0 Å². The highest BCUT2D eigenvalue weighted by molar-refractivity contribution is 5.90. The smallest absolute Gasteiger partial charge is 0.338 e. The van der Waals surface area contributed by atoms with Gasteiger partial charge in [0, 0.05) is 12.5 Å². The van der Waals surface area contributed by atoms with E-state index in [-0.39, 0.29) is 40.3 Å². The van der Waals surface area contributed by atoms with Crippen molar-refractivity contribution in [2.24, 2.45) is 0 Å². The Morgan fingerprint density at radius 2 is 1.73 bits per heavy atom. The van der Waals surface area contributed by atoms with E-state index in [2.05, 4.69) is 27.2 Å². The monoisotopic (exact) mass is 454 g/mol. The SMILES string of the molecule is C#Cc1cc(C(=O)OC(C)C)cc(C#Cc2ccc(CC(=O)OCOC(C)=O)c(F)c2)c1F. The van der Waals surface area contributed by atoms with E-state index in [9.17, 15) is 23.2 Å². The summed E-state index contributed by atoms with van der Waals surface area (Å²) in [5, 5.41) is 0. The van der Waals surface area contributed by atoms with Gasteiger partial charge in [-0.3, -0.25) is 9.59 Å². The third kappa shape index (κ3) is 7.48. The van der Waals surface area contributed by atoms with E-state index < -0.39 is 36.3 Å². The number of carbonyl (C=O) groups excluding carboxylic acids is 3. The Bertz CT molecular complexity index is 1180. The number of terminal acetylenes is 1. The largest absolute Gasteiger partial charge is 0.459 e. The van der Waals surface area contributed by atoms with Crippen LogP contribution in [0.15, 0.2) is 30.3 Å². The second kappa shape index (κ2) is 11.4. The molecule has 0 fully saturated rings. The Morgan fingerprint density at radius 1 is 1.03 bits per heavy atom. The number of halogens is 2. The maximum Gasteiger partial charge on any atom is 0.338 e. The summed E-state index contributed by atoms with van der Waals surface area (Å²) in [7, 11) is 0. The maximum atomic E-state index is 14.6. The minimum atomic E-state index is -0.793. The molecule has 8 heteroatoms. The first-order valence-corrected chi connectivity index (χ1v) is 9.71. The lowest BCUT2D eigenvalue weighted by Crippen LogP contribution is -2.13. The standard InChI is InChI=1S/C25H20F2O6/c1-5-18-11-21(25(30)33-15(2)3)12-20(24(18)27)9-7-17-6-8-19(22(26)10-17)13-23(29)32-14-31-16(4)28/h1,6,8,10-12,15H,13-14H2,2-4H3. The van der Waals surface area contributed by atoms with Gasteiger partial charge in [-0.15, -0.1) is 6.42 Å². The Hall–Kier alpha value is -4.17. The zero-order chi connectivity index (χ0) is 24.5. The van der Waals surface area contributed by atoms with E-state index in [0.29, 0.717) is 0 Å². The van der Waals surface area contributed by atoms with Gasteiger partial charge in [0.1, 0.15) is 5.82 Å². The number of hydrogen-bond acceptors (Lipinski definition) is 6. The van der Waals surface area contributed by atoms with Crippen LogP contribution >= 0.6 is 0 Å². The van der Waals surface area contributed by atoms with Crippen LogP contribution < -0.4 is 0 Å². The van der Waals surface area contributed by atoms with Gasteiger partial charge in [0.2, 0.25) is 6.79 Å². The van der Waals surface area contributed by atoms with Crippen molar-refractivity contribution in [2.75, 3.05) is 6.79 Å². The van der Waals surface area contributed by atoms with E-state index in [1.54, 1.807) is 13.8 Å². The fourth-order valence-electron chi connectivity index (χ4n) is 2.51. The molecular weight excluding hydrogens is 434 g/mol. The zero-order valence-corrected chi connectivity index (χ0v) is 18.2. The number of hydrogen-bond donors (Lipinski definition) is 0. The minimum absolute atomic E-state index is 0.0348. The van der Waals surface area contributed by atoms with Crippen LogP contribution in [0.5, 0.6) is 0 Å². The summed E-state index contributed by atoms with van der Waals surface area (Å²) < 4.78 is 43.2. The fraction of sp³-hybridized carbons (Fsp3) is 0.240. The molecule has 0 saturated heterocycles. The van der Waals surface area contributed by atoms with E-state index in [4.69, 9.17) is 11.2 Å². The Morgan fingerprint density at radius 3 is 2.33 bits per heavy atom. The van der Waals surface area contributed by atoms with Gasteiger partial charge in [-0.05, 0) is 43.7 Å². The molecule has 0 unspecified atom stereocenters. The molecule has 0 radical (unpaired) electrons. The van der Waals surface area contributed by atoms with Crippen molar-refractivity contribution in [2.45, 2.75) is 33.3 Å². The summed E-state index contributed by atoms with van der Waals surface area (Å²) in [6.45, 7) is 3.93. The minimum Gasteiger partial charge on any atom is -0.459 e. The first-order valence-electron chi connectivity index (χ1n) is 9.71. The van der Waals surface area contributed by atoms with Crippen LogP contribution in [-0.4, -0.2) is 30.8 Å². The molecule has 2 rings (SSSR count). The average molecular weight is 454 g/mol. The fourth-order valence-corrected chi connectivity index (χ4v) is 2.51. The van der Waals surface area contributed by atoms with Crippen molar-refractivity contribution in [1.29, 1.82) is 0 Å². The number of carbonyl (C=O) groups is 3. The summed E-state index contributed by atoms with van der Waals surface area (Å²) >= 11 is 0. The summed E-state index contributed by atoms with van der Waals surface area (Å²) in [6, 6.07) is 6.23. The van der Waals surface area contributed by atoms with Gasteiger partial charge >= 0.3 is 17.9 Å². The van der Waals surface area contributed by atoms with E-state index in [1.807, 2.05) is 0 Å². The third-order valence-corrected chi connectivity index (χ3v) is 4.02. The molecule has 0 N–H and O–H groups in total. The highest BCUT2D eigenvalue weighted by Crippen LogP contribution is 2.17. The second-order valence-corrected chi connectivity index (χ2v) is 6.99. The quantitative estimate of drug-likeness (QED) is 0.378. The van der Waals surface area contributed by atoms with Crippen molar-refractivity contribution >= 4 is 17.9 Å².